The van der Waals surface area contributed by atoms with E-state index in [2.05, 4.69) is 20.6 Å². The van der Waals surface area contributed by atoms with Gasteiger partial charge in [-0.2, -0.15) is 0 Å². The summed E-state index contributed by atoms with van der Waals surface area (Å²) in [5.41, 5.74) is 0.990. The molecule has 1 saturated carbocycles. The molecule has 144 valence electrons. The van der Waals surface area contributed by atoms with Gasteiger partial charge in [0.15, 0.2) is 16.6 Å². The van der Waals surface area contributed by atoms with Crippen molar-refractivity contribution in [2.45, 2.75) is 12.8 Å². The first-order valence-electron chi connectivity index (χ1n) is 8.46. The molecule has 28 heavy (non-hydrogen) atoms. The Morgan fingerprint density at radius 3 is 2.68 bits per heavy atom. The molecule has 0 spiro atoms. The van der Waals surface area contributed by atoms with Crippen LogP contribution in [0.3, 0.4) is 0 Å². The fraction of sp³-hybridized carbons (Fsp3) is 0.222. The molecule has 0 aliphatic heterocycles. The van der Waals surface area contributed by atoms with Crippen LogP contribution in [0.15, 0.2) is 30.3 Å². The molecule has 10 heteroatoms. The monoisotopic (exact) mass is 400 g/mol. The smallest absolute Gasteiger partial charge is 0.409 e. The van der Waals surface area contributed by atoms with Crippen molar-refractivity contribution in [1.82, 2.24) is 9.97 Å². The lowest BCUT2D eigenvalue weighted by Crippen LogP contribution is -2.12. The summed E-state index contributed by atoms with van der Waals surface area (Å²) in [6.07, 6.45) is 0.663. The highest BCUT2D eigenvalue weighted by atomic mass is 32.1. The molecule has 1 aliphatic rings. The van der Waals surface area contributed by atoms with Crippen LogP contribution in [0.4, 0.5) is 15.6 Å². The van der Waals surface area contributed by atoms with Gasteiger partial charge < -0.3 is 19.9 Å². The van der Waals surface area contributed by atoms with E-state index in [-0.39, 0.29) is 11.8 Å². The van der Waals surface area contributed by atoms with E-state index in [1.54, 1.807) is 24.3 Å². The van der Waals surface area contributed by atoms with Crippen LogP contribution >= 0.6 is 11.3 Å². The van der Waals surface area contributed by atoms with Gasteiger partial charge in [-0.05, 0) is 31.0 Å². The van der Waals surface area contributed by atoms with E-state index in [0.717, 1.165) is 12.8 Å². The lowest BCUT2D eigenvalue weighted by atomic mass is 10.2. The molecule has 0 atom stereocenters. The number of rotatable bonds is 6. The molecule has 2 amide bonds. The molecule has 4 rings (SSSR count). The van der Waals surface area contributed by atoms with Crippen molar-refractivity contribution in [3.63, 3.8) is 0 Å². The number of carbonyl (C=O) groups is 2. The number of benzene rings is 1. The highest BCUT2D eigenvalue weighted by Gasteiger charge is 2.30. The Kier molecular flexibility index (Phi) is 4.70. The Morgan fingerprint density at radius 1 is 1.14 bits per heavy atom. The summed E-state index contributed by atoms with van der Waals surface area (Å²) in [5, 5.41) is 14.4. The maximum Gasteiger partial charge on any atom is 0.409 e. The van der Waals surface area contributed by atoms with Gasteiger partial charge in [0.05, 0.1) is 7.11 Å². The van der Waals surface area contributed by atoms with Crippen molar-refractivity contribution >= 4 is 44.5 Å². The molecule has 3 N–H and O–H groups in total. The van der Waals surface area contributed by atoms with Crippen LogP contribution in [0, 0.1) is 5.92 Å². The third kappa shape index (κ3) is 3.96. The van der Waals surface area contributed by atoms with Gasteiger partial charge in [-0.1, -0.05) is 11.3 Å². The third-order valence-electron chi connectivity index (χ3n) is 4.04. The summed E-state index contributed by atoms with van der Waals surface area (Å²) in [6, 6.07) is 8.05. The number of methoxy groups -OCH3 is 1. The first kappa shape index (κ1) is 18.0. The summed E-state index contributed by atoms with van der Waals surface area (Å²) in [4.78, 5) is 32.1. The molecule has 1 fully saturated rings. The maximum atomic E-state index is 11.9. The Morgan fingerprint density at radius 2 is 1.96 bits per heavy atom. The summed E-state index contributed by atoms with van der Waals surface area (Å²) < 4.78 is 11.0. The van der Waals surface area contributed by atoms with Crippen LogP contribution in [0.25, 0.3) is 10.3 Å². The number of fused-ring (bicyclic) bond motifs is 1. The number of carbonyl (C=O) groups excluding carboxylic acids is 1. The van der Waals surface area contributed by atoms with Crippen LogP contribution in [-0.2, 0) is 4.79 Å². The van der Waals surface area contributed by atoms with Crippen molar-refractivity contribution in [1.29, 1.82) is 0 Å². The lowest BCUT2D eigenvalue weighted by Gasteiger charge is -2.11. The molecule has 0 saturated heterocycles. The fourth-order valence-corrected chi connectivity index (χ4v) is 3.37. The van der Waals surface area contributed by atoms with Crippen molar-refractivity contribution in [2.75, 3.05) is 17.7 Å². The highest BCUT2D eigenvalue weighted by Crippen LogP contribution is 2.35. The van der Waals surface area contributed by atoms with Crippen molar-refractivity contribution < 1.29 is 24.2 Å². The lowest BCUT2D eigenvalue weighted by molar-refractivity contribution is -0.117. The Labute approximate surface area is 163 Å². The quantitative estimate of drug-likeness (QED) is 0.573. The van der Waals surface area contributed by atoms with Gasteiger partial charge in [0.1, 0.15) is 10.3 Å². The number of carboxylic acid groups (broad SMARTS) is 1. The van der Waals surface area contributed by atoms with Gasteiger partial charge in [-0.25, -0.2) is 14.8 Å². The number of amides is 2. The minimum Gasteiger partial charge on any atom is -0.493 e. The number of anilines is 2. The SMILES string of the molecule is COc1ccc(NC(=O)O)cc1Oc1ccc2nc(NC(=O)C3CC3)sc2n1. The third-order valence-corrected chi connectivity index (χ3v) is 4.92. The zero-order valence-electron chi connectivity index (χ0n) is 14.8. The molecule has 0 radical (unpaired) electrons. The van der Waals surface area contributed by atoms with Crippen LogP contribution < -0.4 is 20.1 Å². The van der Waals surface area contributed by atoms with Gasteiger partial charge in [-0.15, -0.1) is 0 Å². The average molecular weight is 400 g/mol. The summed E-state index contributed by atoms with van der Waals surface area (Å²) >= 11 is 1.26. The number of hydrogen-bond acceptors (Lipinski definition) is 7. The van der Waals surface area contributed by atoms with Crippen LogP contribution in [0.1, 0.15) is 12.8 Å². The van der Waals surface area contributed by atoms with E-state index in [0.29, 0.717) is 38.5 Å². The van der Waals surface area contributed by atoms with E-state index in [1.807, 2.05) is 0 Å². The predicted octanol–water partition coefficient (Wildman–Crippen LogP) is 3.93. The van der Waals surface area contributed by atoms with Crippen molar-refractivity contribution in [2.24, 2.45) is 5.92 Å². The molecule has 0 unspecified atom stereocenters. The van der Waals surface area contributed by atoms with E-state index in [9.17, 15) is 9.59 Å². The summed E-state index contributed by atoms with van der Waals surface area (Å²) in [5.74, 6) is 1.12. The standard InChI is InChI=1S/C18H16N4O5S/c1-26-12-6-4-10(19-18(24)25)8-13(12)27-14-7-5-11-16(21-14)28-17(20-11)22-15(23)9-2-3-9/h4-9,19H,2-3H2,1H3,(H,24,25)(H,20,22,23). The van der Waals surface area contributed by atoms with Crippen molar-refractivity contribution in [3.05, 3.63) is 30.3 Å². The van der Waals surface area contributed by atoms with Gasteiger partial charge in [-0.3, -0.25) is 10.1 Å². The molecule has 0 bridgehead atoms. The van der Waals surface area contributed by atoms with Gasteiger partial charge in [0.2, 0.25) is 11.8 Å². The fourth-order valence-electron chi connectivity index (χ4n) is 2.53. The largest absolute Gasteiger partial charge is 0.493 e. The van der Waals surface area contributed by atoms with E-state index in [4.69, 9.17) is 14.6 Å². The molecule has 1 aliphatic carbocycles. The second-order valence-corrected chi connectivity index (χ2v) is 7.13. The number of ether oxygens (including phenoxy) is 2. The van der Waals surface area contributed by atoms with Gasteiger partial charge in [0.25, 0.3) is 0 Å². The van der Waals surface area contributed by atoms with E-state index >= 15 is 0 Å². The first-order chi connectivity index (χ1) is 13.5. The van der Waals surface area contributed by atoms with Crippen LogP contribution in [-0.4, -0.2) is 34.2 Å². The minimum atomic E-state index is -1.18. The Balaban J connectivity index is 1.57. The molecular formula is C18H16N4O5S. The van der Waals surface area contributed by atoms with Crippen LogP contribution in [0.2, 0.25) is 0 Å². The number of pyridine rings is 1. The number of thiazole rings is 1. The minimum absolute atomic E-state index is 0.0111. The van der Waals surface area contributed by atoms with E-state index < -0.39 is 6.09 Å². The number of nitrogens with one attached hydrogen (secondary N) is 2. The maximum absolute atomic E-state index is 11.9. The molecule has 3 aromatic rings. The number of aromatic nitrogens is 2. The molecular weight excluding hydrogens is 384 g/mol. The summed E-state index contributed by atoms with van der Waals surface area (Å²) in [6.45, 7) is 0. The number of hydrogen-bond donors (Lipinski definition) is 3. The molecule has 9 nitrogen and oxygen atoms in total. The Hall–Kier alpha value is -3.40. The van der Waals surface area contributed by atoms with Gasteiger partial charge in [0, 0.05) is 23.7 Å². The van der Waals surface area contributed by atoms with Crippen LogP contribution in [0.5, 0.6) is 17.4 Å². The average Bonchev–Trinajstić information content (AvgIpc) is 3.43. The topological polar surface area (TPSA) is 123 Å². The normalized spacial score (nSPS) is 13.2. The van der Waals surface area contributed by atoms with Crippen molar-refractivity contribution in [3.8, 4) is 17.4 Å². The predicted molar refractivity (Wildman–Crippen MR) is 103 cm³/mol. The molecule has 2 heterocycles. The second kappa shape index (κ2) is 7.31. The molecule has 1 aromatic carbocycles. The summed E-state index contributed by atoms with van der Waals surface area (Å²) in [7, 11) is 1.49. The Bertz CT molecular complexity index is 1060. The van der Waals surface area contributed by atoms with Gasteiger partial charge >= 0.3 is 6.09 Å². The first-order valence-corrected chi connectivity index (χ1v) is 9.28. The second-order valence-electron chi connectivity index (χ2n) is 6.15. The highest BCUT2D eigenvalue weighted by molar-refractivity contribution is 7.21. The van der Waals surface area contributed by atoms with E-state index in [1.165, 1.54) is 24.5 Å². The molecule has 2 aromatic heterocycles. The zero-order valence-corrected chi connectivity index (χ0v) is 15.6. The number of nitrogens with zero attached hydrogens (tertiary/aromatic N) is 2. The zero-order chi connectivity index (χ0) is 19.7.